The van der Waals surface area contributed by atoms with Crippen molar-refractivity contribution in [2.45, 2.75) is 45.1 Å². The lowest BCUT2D eigenvalue weighted by Crippen LogP contribution is -2.22. The van der Waals surface area contributed by atoms with Gasteiger partial charge in [-0.25, -0.2) is 0 Å². The summed E-state index contributed by atoms with van der Waals surface area (Å²) in [7, 11) is 0. The van der Waals surface area contributed by atoms with Crippen molar-refractivity contribution in [2.75, 3.05) is 6.61 Å². The van der Waals surface area contributed by atoms with Crippen LogP contribution in [0.1, 0.15) is 39.0 Å². The van der Waals surface area contributed by atoms with Gasteiger partial charge in [0.2, 0.25) is 0 Å². The number of nitrogens with two attached hydrogens (primary N) is 1. The number of hydrogen-bond acceptors (Lipinski definition) is 3. The largest absolute Gasteiger partial charge is 0.466 e. The minimum atomic E-state index is -0.158. The van der Waals surface area contributed by atoms with Crippen molar-refractivity contribution in [3.63, 3.8) is 0 Å². The van der Waals surface area contributed by atoms with E-state index in [0.717, 1.165) is 12.3 Å². The summed E-state index contributed by atoms with van der Waals surface area (Å²) in [5, 5.41) is 0. The van der Waals surface area contributed by atoms with E-state index in [1.807, 2.05) is 6.92 Å². The Labute approximate surface area is 79.6 Å². The third-order valence-electron chi connectivity index (χ3n) is 2.50. The zero-order chi connectivity index (χ0) is 9.68. The monoisotopic (exact) mass is 185 g/mol. The first kappa shape index (κ1) is 10.5. The van der Waals surface area contributed by atoms with E-state index in [2.05, 4.69) is 0 Å². The zero-order valence-electron chi connectivity index (χ0n) is 8.29. The van der Waals surface area contributed by atoms with Crippen LogP contribution in [0.4, 0.5) is 0 Å². The summed E-state index contributed by atoms with van der Waals surface area (Å²) in [5.74, 6) is 0.650. The smallest absolute Gasteiger partial charge is 0.307 e. The van der Waals surface area contributed by atoms with Crippen molar-refractivity contribution in [1.29, 1.82) is 0 Å². The van der Waals surface area contributed by atoms with Gasteiger partial charge >= 0.3 is 5.97 Å². The lowest BCUT2D eigenvalue weighted by Gasteiger charge is -2.24. The van der Waals surface area contributed by atoms with Gasteiger partial charge in [-0.15, -0.1) is 0 Å². The van der Waals surface area contributed by atoms with Crippen LogP contribution in [-0.4, -0.2) is 18.6 Å². The molecule has 76 valence electrons. The summed E-state index contributed by atoms with van der Waals surface area (Å²) in [6.07, 6.45) is 5.34. The van der Waals surface area contributed by atoms with Crippen LogP contribution in [0.3, 0.4) is 0 Å². The molecule has 0 amide bonds. The standard InChI is InChI=1S/C10H19NO2/c1-8(11)7-10(12)13-6-5-9-3-2-4-9/h8-9H,2-7,11H2,1H3. The fourth-order valence-electron chi connectivity index (χ4n) is 1.44. The van der Waals surface area contributed by atoms with Crippen LogP contribution in [0.5, 0.6) is 0 Å². The summed E-state index contributed by atoms with van der Waals surface area (Å²) < 4.78 is 5.04. The van der Waals surface area contributed by atoms with E-state index in [9.17, 15) is 4.79 Å². The van der Waals surface area contributed by atoms with Crippen molar-refractivity contribution in [3.8, 4) is 0 Å². The second-order valence-corrected chi connectivity index (χ2v) is 3.99. The fraction of sp³-hybridized carbons (Fsp3) is 0.900. The van der Waals surface area contributed by atoms with E-state index >= 15 is 0 Å². The highest BCUT2D eigenvalue weighted by atomic mass is 16.5. The first-order valence-electron chi connectivity index (χ1n) is 5.09. The predicted octanol–water partition coefficient (Wildman–Crippen LogP) is 1.46. The minimum Gasteiger partial charge on any atom is -0.466 e. The Balaban J connectivity index is 1.94. The number of esters is 1. The van der Waals surface area contributed by atoms with Crippen LogP contribution in [0.2, 0.25) is 0 Å². The minimum absolute atomic E-state index is 0.0868. The maximum atomic E-state index is 11.0. The number of carbonyl (C=O) groups excluding carboxylic acids is 1. The lowest BCUT2D eigenvalue weighted by atomic mass is 9.83. The second-order valence-electron chi connectivity index (χ2n) is 3.99. The predicted molar refractivity (Wildman–Crippen MR) is 51.2 cm³/mol. The molecule has 1 atom stereocenters. The molecule has 1 aliphatic carbocycles. The van der Waals surface area contributed by atoms with Gasteiger partial charge in [-0.3, -0.25) is 4.79 Å². The Morgan fingerprint density at radius 2 is 2.31 bits per heavy atom. The Bertz CT molecular complexity index is 164. The van der Waals surface area contributed by atoms with Gasteiger partial charge in [-0.05, 0) is 19.3 Å². The molecule has 0 aromatic rings. The van der Waals surface area contributed by atoms with Crippen LogP contribution >= 0.6 is 0 Å². The van der Waals surface area contributed by atoms with Crippen LogP contribution in [-0.2, 0) is 9.53 Å². The van der Waals surface area contributed by atoms with Crippen LogP contribution < -0.4 is 5.73 Å². The molecule has 0 aliphatic heterocycles. The van der Waals surface area contributed by atoms with Crippen molar-refractivity contribution < 1.29 is 9.53 Å². The van der Waals surface area contributed by atoms with E-state index in [1.165, 1.54) is 19.3 Å². The molecule has 0 aromatic carbocycles. The quantitative estimate of drug-likeness (QED) is 0.660. The molecule has 0 spiro atoms. The van der Waals surface area contributed by atoms with Crippen molar-refractivity contribution in [2.24, 2.45) is 11.7 Å². The molecule has 0 bridgehead atoms. The van der Waals surface area contributed by atoms with Gasteiger partial charge in [0.15, 0.2) is 0 Å². The molecule has 0 heterocycles. The summed E-state index contributed by atoms with van der Waals surface area (Å²) in [5.41, 5.74) is 5.46. The highest BCUT2D eigenvalue weighted by molar-refractivity contribution is 5.69. The summed E-state index contributed by atoms with van der Waals surface area (Å²) in [6, 6.07) is -0.0868. The molecule has 3 heteroatoms. The molecule has 1 fully saturated rings. The third-order valence-corrected chi connectivity index (χ3v) is 2.50. The maximum Gasteiger partial charge on any atom is 0.307 e. The number of carbonyl (C=O) groups is 1. The molecule has 1 aliphatic rings. The first-order chi connectivity index (χ1) is 6.18. The topological polar surface area (TPSA) is 52.3 Å². The van der Waals surface area contributed by atoms with E-state index < -0.39 is 0 Å². The lowest BCUT2D eigenvalue weighted by molar-refractivity contribution is -0.144. The van der Waals surface area contributed by atoms with Gasteiger partial charge in [0.1, 0.15) is 0 Å². The van der Waals surface area contributed by atoms with Gasteiger partial charge in [-0.2, -0.15) is 0 Å². The molecule has 1 unspecified atom stereocenters. The molecule has 3 nitrogen and oxygen atoms in total. The maximum absolute atomic E-state index is 11.0. The van der Waals surface area contributed by atoms with Gasteiger partial charge in [-0.1, -0.05) is 19.3 Å². The molecule has 2 N–H and O–H groups in total. The van der Waals surface area contributed by atoms with E-state index in [0.29, 0.717) is 13.0 Å². The van der Waals surface area contributed by atoms with Gasteiger partial charge < -0.3 is 10.5 Å². The molecule has 0 radical (unpaired) electrons. The Morgan fingerprint density at radius 1 is 1.62 bits per heavy atom. The van der Waals surface area contributed by atoms with Crippen molar-refractivity contribution in [1.82, 2.24) is 0 Å². The molecule has 0 saturated heterocycles. The highest BCUT2D eigenvalue weighted by Gasteiger charge is 2.17. The molecular weight excluding hydrogens is 166 g/mol. The SMILES string of the molecule is CC(N)CC(=O)OCCC1CCC1. The van der Waals surface area contributed by atoms with Gasteiger partial charge in [0, 0.05) is 6.04 Å². The normalized spacial score (nSPS) is 19.2. The number of hydrogen-bond donors (Lipinski definition) is 1. The molecular formula is C10H19NO2. The van der Waals surface area contributed by atoms with Crippen LogP contribution in [0.15, 0.2) is 0 Å². The first-order valence-corrected chi connectivity index (χ1v) is 5.09. The second kappa shape index (κ2) is 5.22. The Hall–Kier alpha value is -0.570. The number of rotatable bonds is 5. The fourth-order valence-corrected chi connectivity index (χ4v) is 1.44. The zero-order valence-corrected chi connectivity index (χ0v) is 8.29. The average molecular weight is 185 g/mol. The van der Waals surface area contributed by atoms with Crippen molar-refractivity contribution in [3.05, 3.63) is 0 Å². The van der Waals surface area contributed by atoms with E-state index in [1.54, 1.807) is 0 Å². The summed E-state index contributed by atoms with van der Waals surface area (Å²) in [6.45, 7) is 2.39. The van der Waals surface area contributed by atoms with Crippen molar-refractivity contribution >= 4 is 5.97 Å². The average Bonchev–Trinajstić information content (AvgIpc) is 1.92. The molecule has 1 rings (SSSR count). The third kappa shape index (κ3) is 4.27. The highest BCUT2D eigenvalue weighted by Crippen LogP contribution is 2.29. The Morgan fingerprint density at radius 3 is 2.77 bits per heavy atom. The molecule has 1 saturated carbocycles. The molecule has 0 aromatic heterocycles. The van der Waals surface area contributed by atoms with E-state index in [4.69, 9.17) is 10.5 Å². The van der Waals surface area contributed by atoms with Gasteiger partial charge in [0.25, 0.3) is 0 Å². The van der Waals surface area contributed by atoms with Crippen LogP contribution in [0.25, 0.3) is 0 Å². The Kier molecular flexibility index (Phi) is 4.22. The van der Waals surface area contributed by atoms with Gasteiger partial charge in [0.05, 0.1) is 13.0 Å². The van der Waals surface area contributed by atoms with E-state index in [-0.39, 0.29) is 12.0 Å². The summed E-state index contributed by atoms with van der Waals surface area (Å²) >= 11 is 0. The summed E-state index contributed by atoms with van der Waals surface area (Å²) in [4.78, 5) is 11.0. The number of ether oxygens (including phenoxy) is 1. The van der Waals surface area contributed by atoms with Crippen LogP contribution in [0, 0.1) is 5.92 Å². The molecule has 13 heavy (non-hydrogen) atoms.